The van der Waals surface area contributed by atoms with Crippen molar-refractivity contribution < 1.29 is 4.74 Å². The number of aryl methyl sites for hydroxylation is 1. The van der Waals surface area contributed by atoms with E-state index < -0.39 is 0 Å². The van der Waals surface area contributed by atoms with E-state index in [9.17, 15) is 0 Å². The molecule has 0 spiro atoms. The van der Waals surface area contributed by atoms with E-state index in [0.29, 0.717) is 12.5 Å². The normalized spacial score (nSPS) is 20.2. The number of fused-ring (bicyclic) bond motifs is 2. The molecule has 1 atom stereocenters. The minimum Gasteiger partial charge on any atom is -0.487 e. The van der Waals surface area contributed by atoms with Gasteiger partial charge in [0.2, 0.25) is 0 Å². The van der Waals surface area contributed by atoms with Crippen molar-refractivity contribution >= 4 is 11.8 Å². The first-order chi connectivity index (χ1) is 15.8. The van der Waals surface area contributed by atoms with Crippen LogP contribution >= 0.6 is 0 Å². The Bertz CT molecular complexity index is 1130. The van der Waals surface area contributed by atoms with Gasteiger partial charge in [0.1, 0.15) is 18.1 Å². The highest BCUT2D eigenvalue weighted by Gasteiger charge is 2.21. The number of benzene rings is 1. The average molecular weight is 426 g/mol. The number of H-pyrrole nitrogens is 2. The Balaban J connectivity index is 1.47. The lowest BCUT2D eigenvalue weighted by molar-refractivity contribution is 0.208. The van der Waals surface area contributed by atoms with E-state index in [1.807, 2.05) is 42.6 Å². The second-order valence-electron chi connectivity index (χ2n) is 8.91. The first-order valence-corrected chi connectivity index (χ1v) is 11.8. The summed E-state index contributed by atoms with van der Waals surface area (Å²) in [6.07, 6.45) is 13.7. The van der Waals surface area contributed by atoms with Gasteiger partial charge in [-0.15, -0.1) is 0 Å². The third-order valence-corrected chi connectivity index (χ3v) is 6.45. The van der Waals surface area contributed by atoms with Crippen molar-refractivity contribution in [2.75, 3.05) is 0 Å². The molecule has 1 aromatic carbocycles. The van der Waals surface area contributed by atoms with Crippen LogP contribution in [0.5, 0.6) is 0 Å². The molecule has 4 heteroatoms. The van der Waals surface area contributed by atoms with Crippen molar-refractivity contribution in [3.8, 4) is 0 Å². The van der Waals surface area contributed by atoms with E-state index >= 15 is 0 Å². The molecule has 2 aliphatic rings. The van der Waals surface area contributed by atoms with Gasteiger partial charge in [-0.3, -0.25) is 0 Å². The highest BCUT2D eigenvalue weighted by atomic mass is 16.5. The zero-order valence-electron chi connectivity index (χ0n) is 18.7. The molecule has 2 N–H and O–H groups in total. The molecule has 4 nitrogen and oxygen atoms in total. The van der Waals surface area contributed by atoms with Crippen molar-refractivity contribution in [2.45, 2.75) is 58.0 Å². The number of nitrogens with one attached hydrogen (secondary N) is 2. The van der Waals surface area contributed by atoms with Gasteiger partial charge in [-0.2, -0.15) is 0 Å². The standard InChI is InChI=1S/C28H31N3O/c1-20-10-5-2-3-8-13-22-16-23(20)25(30-22)17-27-28(32-19-21-11-6-4-7-12-21)18-26(31-27)24-14-9-15-29-24/h4,6-7,9,11-12,14-18,20,29-30H,2-3,5,8,10,13,19H2,1H3/b27-17-. The number of aromatic nitrogens is 2. The smallest absolute Gasteiger partial charge is 0.147 e. The molecular formula is C28H31N3O. The monoisotopic (exact) mass is 425 g/mol. The van der Waals surface area contributed by atoms with Crippen LogP contribution in [0.15, 0.2) is 77.3 Å². The molecule has 2 aromatic heterocycles. The van der Waals surface area contributed by atoms with Crippen LogP contribution in [0.1, 0.15) is 73.2 Å². The number of hydrogen-bond donors (Lipinski definition) is 2. The maximum absolute atomic E-state index is 6.26. The lowest BCUT2D eigenvalue weighted by atomic mass is 9.93. The van der Waals surface area contributed by atoms with Crippen LogP contribution in [-0.2, 0) is 17.8 Å². The van der Waals surface area contributed by atoms with Gasteiger partial charge in [-0.05, 0) is 60.6 Å². The van der Waals surface area contributed by atoms with Crippen molar-refractivity contribution in [1.29, 1.82) is 0 Å². The summed E-state index contributed by atoms with van der Waals surface area (Å²) >= 11 is 0. The fourth-order valence-electron chi connectivity index (χ4n) is 4.62. The maximum Gasteiger partial charge on any atom is 0.147 e. The van der Waals surface area contributed by atoms with Gasteiger partial charge in [0.25, 0.3) is 0 Å². The van der Waals surface area contributed by atoms with Gasteiger partial charge in [-0.25, -0.2) is 4.99 Å². The Labute approximate surface area is 190 Å². The van der Waals surface area contributed by atoms with Crippen LogP contribution in [0.3, 0.4) is 0 Å². The number of nitrogens with zero attached hydrogens (tertiary/aromatic N) is 1. The summed E-state index contributed by atoms with van der Waals surface area (Å²) < 4.78 is 6.26. The summed E-state index contributed by atoms with van der Waals surface area (Å²) in [6.45, 7) is 2.87. The van der Waals surface area contributed by atoms with Crippen molar-refractivity contribution in [1.82, 2.24) is 9.97 Å². The van der Waals surface area contributed by atoms with Crippen molar-refractivity contribution in [3.63, 3.8) is 0 Å². The zero-order valence-corrected chi connectivity index (χ0v) is 18.7. The highest BCUT2D eigenvalue weighted by molar-refractivity contribution is 6.11. The first kappa shape index (κ1) is 20.6. The second kappa shape index (κ2) is 9.47. The molecule has 5 rings (SSSR count). The highest BCUT2D eigenvalue weighted by Crippen LogP contribution is 2.32. The number of aromatic amines is 2. The topological polar surface area (TPSA) is 53.2 Å². The van der Waals surface area contributed by atoms with E-state index in [-0.39, 0.29) is 0 Å². The predicted molar refractivity (Wildman–Crippen MR) is 131 cm³/mol. The molecule has 32 heavy (non-hydrogen) atoms. The Morgan fingerprint density at radius 3 is 2.78 bits per heavy atom. The van der Waals surface area contributed by atoms with Gasteiger partial charge >= 0.3 is 0 Å². The third-order valence-electron chi connectivity index (χ3n) is 6.45. The minimum atomic E-state index is 0.525. The Morgan fingerprint density at radius 1 is 1.06 bits per heavy atom. The van der Waals surface area contributed by atoms with Crippen LogP contribution in [0.2, 0.25) is 0 Å². The van der Waals surface area contributed by atoms with Gasteiger partial charge in [0.15, 0.2) is 0 Å². The summed E-state index contributed by atoms with van der Waals surface area (Å²) in [4.78, 5) is 11.9. The minimum absolute atomic E-state index is 0.525. The summed E-state index contributed by atoms with van der Waals surface area (Å²) in [5.41, 5.74) is 7.85. The molecule has 3 heterocycles. The summed E-state index contributed by atoms with van der Waals surface area (Å²) in [6, 6.07) is 16.7. The average Bonchev–Trinajstić information content (AvgIpc) is 3.56. The molecule has 1 aliphatic carbocycles. The molecular weight excluding hydrogens is 394 g/mol. The molecule has 0 saturated carbocycles. The van der Waals surface area contributed by atoms with E-state index in [1.54, 1.807) is 0 Å². The zero-order chi connectivity index (χ0) is 21.8. The van der Waals surface area contributed by atoms with Gasteiger partial charge in [-0.1, -0.05) is 56.5 Å². The largest absolute Gasteiger partial charge is 0.487 e. The van der Waals surface area contributed by atoms with Crippen LogP contribution in [0.25, 0.3) is 6.08 Å². The fraction of sp³-hybridized carbons (Fsp3) is 0.321. The molecule has 2 bridgehead atoms. The molecule has 0 amide bonds. The SMILES string of the molecule is CC1CCCCCCc2cc1c(/C=C1\N=C(c3ccc[nH]3)C=C1OCc1ccccc1)[nH]2. The third kappa shape index (κ3) is 4.64. The summed E-state index contributed by atoms with van der Waals surface area (Å²) in [5, 5.41) is 0. The second-order valence-corrected chi connectivity index (χ2v) is 8.91. The van der Waals surface area contributed by atoms with Crippen molar-refractivity contribution in [3.05, 3.63) is 100 Å². The Kier molecular flexibility index (Phi) is 6.11. The predicted octanol–water partition coefficient (Wildman–Crippen LogP) is 6.90. The molecule has 0 saturated heterocycles. The number of rotatable bonds is 5. The van der Waals surface area contributed by atoms with E-state index in [4.69, 9.17) is 9.73 Å². The Morgan fingerprint density at radius 2 is 1.94 bits per heavy atom. The van der Waals surface area contributed by atoms with Crippen LogP contribution in [-0.4, -0.2) is 15.7 Å². The number of allylic oxidation sites excluding steroid dienone is 1. The number of ether oxygens (including phenoxy) is 1. The fourth-order valence-corrected chi connectivity index (χ4v) is 4.62. The van der Waals surface area contributed by atoms with Gasteiger partial charge in [0.05, 0.1) is 11.4 Å². The molecule has 0 fully saturated rings. The molecule has 1 unspecified atom stereocenters. The molecule has 0 radical (unpaired) electrons. The lowest BCUT2D eigenvalue weighted by Crippen LogP contribution is -1.97. The van der Waals surface area contributed by atoms with Crippen LogP contribution in [0, 0.1) is 0 Å². The van der Waals surface area contributed by atoms with Crippen LogP contribution in [0.4, 0.5) is 0 Å². The maximum atomic E-state index is 6.26. The lowest BCUT2D eigenvalue weighted by Gasteiger charge is -2.12. The number of hydrogen-bond acceptors (Lipinski definition) is 2. The van der Waals surface area contributed by atoms with E-state index in [1.165, 1.54) is 49.1 Å². The summed E-state index contributed by atoms with van der Waals surface area (Å²) in [5.74, 6) is 1.35. The van der Waals surface area contributed by atoms with Crippen LogP contribution < -0.4 is 0 Å². The van der Waals surface area contributed by atoms with Gasteiger partial charge in [0, 0.05) is 23.7 Å². The molecule has 1 aliphatic heterocycles. The van der Waals surface area contributed by atoms with E-state index in [0.717, 1.165) is 34.8 Å². The van der Waals surface area contributed by atoms with Gasteiger partial charge < -0.3 is 14.7 Å². The van der Waals surface area contributed by atoms with Crippen molar-refractivity contribution in [2.24, 2.45) is 4.99 Å². The quantitative estimate of drug-likeness (QED) is 0.459. The number of aliphatic imine (C=N–C) groups is 1. The molecule has 164 valence electrons. The van der Waals surface area contributed by atoms with E-state index in [2.05, 4.69) is 41.2 Å². The summed E-state index contributed by atoms with van der Waals surface area (Å²) in [7, 11) is 0. The molecule has 3 aromatic rings. The first-order valence-electron chi connectivity index (χ1n) is 11.8. The Hall–Kier alpha value is -3.27.